The number of nitrogens with zero attached hydrogens (tertiary/aromatic N) is 2. The molecule has 6 heteroatoms. The van der Waals surface area contributed by atoms with Gasteiger partial charge in [-0.05, 0) is 13.0 Å². The highest BCUT2D eigenvalue weighted by atomic mass is 32.1. The molecule has 0 fully saturated rings. The molecule has 0 amide bonds. The van der Waals surface area contributed by atoms with Gasteiger partial charge in [0.15, 0.2) is 5.52 Å². The lowest BCUT2D eigenvalue weighted by Gasteiger charge is -1.95. The third kappa shape index (κ3) is 1.20. The van der Waals surface area contributed by atoms with E-state index in [0.29, 0.717) is 15.9 Å². The minimum absolute atomic E-state index is 0.0125. The predicted octanol–water partition coefficient (Wildman–Crippen LogP) is 2.10. The number of rotatable bonds is 1. The molecule has 0 bridgehead atoms. The summed E-state index contributed by atoms with van der Waals surface area (Å²) >= 11 is 1.37. The van der Waals surface area contributed by atoms with Crippen LogP contribution in [0.25, 0.3) is 10.2 Å². The average molecular weight is 209 g/mol. The molecule has 0 aliphatic rings. The minimum Gasteiger partial charge on any atom is -0.398 e. The summed E-state index contributed by atoms with van der Waals surface area (Å²) in [5.41, 5.74) is 6.62. The molecule has 1 heterocycles. The van der Waals surface area contributed by atoms with Gasteiger partial charge < -0.3 is 5.73 Å². The van der Waals surface area contributed by atoms with Gasteiger partial charge >= 0.3 is 0 Å². The van der Waals surface area contributed by atoms with Gasteiger partial charge in [0.25, 0.3) is 5.69 Å². The van der Waals surface area contributed by atoms with Gasteiger partial charge in [0.05, 0.1) is 20.3 Å². The van der Waals surface area contributed by atoms with Crippen LogP contribution in [0.1, 0.15) is 5.01 Å². The number of fused-ring (bicyclic) bond motifs is 1. The van der Waals surface area contributed by atoms with Crippen molar-refractivity contribution in [3.05, 3.63) is 27.3 Å². The monoisotopic (exact) mass is 209 g/mol. The number of aromatic nitrogens is 1. The summed E-state index contributed by atoms with van der Waals surface area (Å²) in [6.45, 7) is 1.80. The molecular formula is C8H7N3O2S. The van der Waals surface area contributed by atoms with Crippen LogP contribution in [0.4, 0.5) is 11.4 Å². The summed E-state index contributed by atoms with van der Waals surface area (Å²) in [6.07, 6.45) is 0. The van der Waals surface area contributed by atoms with Crippen molar-refractivity contribution in [3.63, 3.8) is 0 Å². The maximum Gasteiger partial charge on any atom is 0.296 e. The Bertz CT molecular complexity index is 521. The van der Waals surface area contributed by atoms with Crippen LogP contribution in [0.3, 0.4) is 0 Å². The van der Waals surface area contributed by atoms with Gasteiger partial charge in [-0.2, -0.15) is 0 Å². The summed E-state index contributed by atoms with van der Waals surface area (Å²) in [5, 5.41) is 11.4. The second kappa shape index (κ2) is 2.91. The van der Waals surface area contributed by atoms with E-state index in [1.54, 1.807) is 6.92 Å². The van der Waals surface area contributed by atoms with Gasteiger partial charge in [-0.15, -0.1) is 11.3 Å². The number of non-ortho nitro benzene ring substituents is 1. The number of nitrogen functional groups attached to an aromatic ring is 1. The number of hydrogen-bond donors (Lipinski definition) is 1. The van der Waals surface area contributed by atoms with Crippen molar-refractivity contribution in [2.24, 2.45) is 0 Å². The maximum atomic E-state index is 10.7. The van der Waals surface area contributed by atoms with Gasteiger partial charge in [-0.25, -0.2) is 4.98 Å². The smallest absolute Gasteiger partial charge is 0.296 e. The zero-order valence-electron chi connectivity index (χ0n) is 7.35. The number of anilines is 1. The molecule has 2 aromatic rings. The minimum atomic E-state index is -0.444. The van der Waals surface area contributed by atoms with Crippen molar-refractivity contribution < 1.29 is 4.92 Å². The maximum absolute atomic E-state index is 10.7. The second-order valence-corrected chi connectivity index (χ2v) is 4.04. The van der Waals surface area contributed by atoms with Crippen LogP contribution in [0.15, 0.2) is 12.1 Å². The molecule has 0 spiro atoms. The first kappa shape index (κ1) is 8.89. The van der Waals surface area contributed by atoms with Crippen molar-refractivity contribution in [3.8, 4) is 0 Å². The van der Waals surface area contributed by atoms with Gasteiger partial charge in [0.1, 0.15) is 0 Å². The molecule has 2 N–H and O–H groups in total. The van der Waals surface area contributed by atoms with Crippen LogP contribution in [0, 0.1) is 17.0 Å². The zero-order valence-corrected chi connectivity index (χ0v) is 8.17. The summed E-state index contributed by atoms with van der Waals surface area (Å²) < 4.78 is 0.691. The fraction of sp³-hybridized carbons (Fsp3) is 0.125. The van der Waals surface area contributed by atoms with E-state index in [2.05, 4.69) is 4.98 Å². The van der Waals surface area contributed by atoms with E-state index in [9.17, 15) is 10.1 Å². The Morgan fingerprint density at radius 2 is 2.29 bits per heavy atom. The van der Waals surface area contributed by atoms with Crippen molar-refractivity contribution in [1.82, 2.24) is 4.98 Å². The highest BCUT2D eigenvalue weighted by molar-refractivity contribution is 7.19. The lowest BCUT2D eigenvalue weighted by atomic mass is 10.2. The SMILES string of the molecule is Cc1nc2c([N+](=O)[O-])ccc(N)c2s1. The van der Waals surface area contributed by atoms with Gasteiger partial charge in [-0.3, -0.25) is 10.1 Å². The molecule has 2 rings (SSSR count). The number of aryl methyl sites for hydroxylation is 1. The van der Waals surface area contributed by atoms with E-state index >= 15 is 0 Å². The molecule has 0 radical (unpaired) electrons. The third-order valence-electron chi connectivity index (χ3n) is 1.86. The lowest BCUT2D eigenvalue weighted by molar-refractivity contribution is -0.383. The van der Waals surface area contributed by atoms with Crippen molar-refractivity contribution in [2.45, 2.75) is 6.92 Å². The fourth-order valence-corrected chi connectivity index (χ4v) is 2.13. The lowest BCUT2D eigenvalue weighted by Crippen LogP contribution is -1.91. The Morgan fingerprint density at radius 3 is 2.93 bits per heavy atom. The summed E-state index contributed by atoms with van der Waals surface area (Å²) in [6, 6.07) is 2.93. The predicted molar refractivity (Wildman–Crippen MR) is 55.4 cm³/mol. The molecule has 1 aromatic carbocycles. The number of nitro groups is 1. The number of nitro benzene ring substituents is 1. The molecular weight excluding hydrogens is 202 g/mol. The molecule has 14 heavy (non-hydrogen) atoms. The summed E-state index contributed by atoms with van der Waals surface area (Å²) in [7, 11) is 0. The summed E-state index contributed by atoms with van der Waals surface area (Å²) in [4.78, 5) is 14.3. The first-order valence-electron chi connectivity index (χ1n) is 3.89. The summed E-state index contributed by atoms with van der Waals surface area (Å²) in [5.74, 6) is 0. The topological polar surface area (TPSA) is 82.0 Å². The largest absolute Gasteiger partial charge is 0.398 e. The van der Waals surface area contributed by atoms with Gasteiger partial charge in [0, 0.05) is 6.07 Å². The Labute approximate surface area is 83.3 Å². The van der Waals surface area contributed by atoms with Crippen LogP contribution in [-0.2, 0) is 0 Å². The quantitative estimate of drug-likeness (QED) is 0.443. The van der Waals surface area contributed by atoms with E-state index in [1.165, 1.54) is 23.5 Å². The van der Waals surface area contributed by atoms with E-state index < -0.39 is 4.92 Å². The van der Waals surface area contributed by atoms with E-state index in [0.717, 1.165) is 5.01 Å². The molecule has 0 aliphatic heterocycles. The zero-order chi connectivity index (χ0) is 10.3. The number of hydrogen-bond acceptors (Lipinski definition) is 5. The highest BCUT2D eigenvalue weighted by Crippen LogP contribution is 2.33. The Balaban J connectivity index is 2.87. The Hall–Kier alpha value is -1.69. The van der Waals surface area contributed by atoms with Gasteiger partial charge in [-0.1, -0.05) is 0 Å². The molecule has 0 saturated heterocycles. The number of benzene rings is 1. The molecule has 0 atom stereocenters. The molecule has 72 valence electrons. The molecule has 0 aliphatic carbocycles. The molecule has 5 nitrogen and oxygen atoms in total. The highest BCUT2D eigenvalue weighted by Gasteiger charge is 2.16. The second-order valence-electron chi connectivity index (χ2n) is 2.84. The first-order valence-corrected chi connectivity index (χ1v) is 4.71. The number of thiazole rings is 1. The normalized spacial score (nSPS) is 10.6. The average Bonchev–Trinajstić information content (AvgIpc) is 2.47. The number of nitrogens with two attached hydrogens (primary N) is 1. The van der Waals surface area contributed by atoms with Crippen LogP contribution in [-0.4, -0.2) is 9.91 Å². The van der Waals surface area contributed by atoms with E-state index in [1.807, 2.05) is 0 Å². The van der Waals surface area contributed by atoms with Crippen LogP contribution in [0.5, 0.6) is 0 Å². The van der Waals surface area contributed by atoms with Gasteiger partial charge in [0.2, 0.25) is 0 Å². The standard InChI is InChI=1S/C8H7N3O2S/c1-4-10-7-6(11(12)13)3-2-5(9)8(7)14-4/h2-3H,9H2,1H3. The van der Waals surface area contributed by atoms with Crippen LogP contribution in [0.2, 0.25) is 0 Å². The first-order chi connectivity index (χ1) is 6.59. The van der Waals surface area contributed by atoms with Crippen molar-refractivity contribution in [2.75, 3.05) is 5.73 Å². The van der Waals surface area contributed by atoms with Crippen LogP contribution < -0.4 is 5.73 Å². The van der Waals surface area contributed by atoms with E-state index in [4.69, 9.17) is 5.73 Å². The van der Waals surface area contributed by atoms with Crippen molar-refractivity contribution in [1.29, 1.82) is 0 Å². The van der Waals surface area contributed by atoms with Crippen LogP contribution >= 0.6 is 11.3 Å². The fourth-order valence-electron chi connectivity index (χ4n) is 1.27. The van der Waals surface area contributed by atoms with E-state index in [-0.39, 0.29) is 5.69 Å². The third-order valence-corrected chi connectivity index (χ3v) is 2.88. The molecule has 0 saturated carbocycles. The van der Waals surface area contributed by atoms with Crippen molar-refractivity contribution >= 4 is 32.9 Å². The molecule has 0 unspecified atom stereocenters. The molecule has 1 aromatic heterocycles. The Morgan fingerprint density at radius 1 is 1.57 bits per heavy atom. The Kier molecular flexibility index (Phi) is 1.85.